The number of nitrogens with zero attached hydrogens (tertiary/aromatic N) is 1. The highest BCUT2D eigenvalue weighted by molar-refractivity contribution is 7.92. The van der Waals surface area contributed by atoms with Crippen molar-refractivity contribution in [3.63, 3.8) is 0 Å². The maximum Gasteiger partial charge on any atom is 0.240 e. The zero-order chi connectivity index (χ0) is 22.4. The van der Waals surface area contributed by atoms with E-state index in [0.29, 0.717) is 11.6 Å². The molecule has 7 heteroatoms. The standard InChI is InChI=1S/C24H28N2O4S/c1-18(2)19-11-13-21(14-12-19)26(31(3,28)29)17-24(27)25-15-16-30-23-10-6-8-20-7-4-5-9-22(20)23/h4-14,18H,15-17H2,1-3H3,(H,25,27). The van der Waals surface area contributed by atoms with Gasteiger partial charge in [-0.25, -0.2) is 8.42 Å². The Morgan fingerprint density at radius 2 is 1.68 bits per heavy atom. The molecule has 1 amide bonds. The van der Waals surface area contributed by atoms with E-state index in [1.54, 1.807) is 12.1 Å². The van der Waals surface area contributed by atoms with Crippen LogP contribution in [-0.4, -0.2) is 40.3 Å². The van der Waals surface area contributed by atoms with Crippen molar-refractivity contribution in [3.8, 4) is 5.75 Å². The number of ether oxygens (including phenoxy) is 1. The van der Waals surface area contributed by atoms with E-state index in [0.717, 1.165) is 32.6 Å². The highest BCUT2D eigenvalue weighted by atomic mass is 32.2. The van der Waals surface area contributed by atoms with Gasteiger partial charge in [0.15, 0.2) is 0 Å². The summed E-state index contributed by atoms with van der Waals surface area (Å²) in [5.74, 6) is 0.695. The third-order valence-electron chi connectivity index (χ3n) is 4.97. The van der Waals surface area contributed by atoms with Crippen LogP contribution in [0.5, 0.6) is 5.75 Å². The summed E-state index contributed by atoms with van der Waals surface area (Å²) in [4.78, 5) is 12.4. The van der Waals surface area contributed by atoms with E-state index >= 15 is 0 Å². The molecule has 6 nitrogen and oxygen atoms in total. The second kappa shape index (κ2) is 9.83. The first kappa shape index (κ1) is 22.6. The number of hydrogen-bond donors (Lipinski definition) is 1. The molecule has 0 aromatic heterocycles. The minimum Gasteiger partial charge on any atom is -0.491 e. The lowest BCUT2D eigenvalue weighted by molar-refractivity contribution is -0.119. The van der Waals surface area contributed by atoms with Crippen LogP contribution in [0.2, 0.25) is 0 Å². The van der Waals surface area contributed by atoms with Gasteiger partial charge < -0.3 is 10.1 Å². The molecule has 0 unspecified atom stereocenters. The Labute approximate surface area is 183 Å². The van der Waals surface area contributed by atoms with E-state index in [1.165, 1.54) is 0 Å². The average Bonchev–Trinajstić information content (AvgIpc) is 2.74. The molecule has 0 radical (unpaired) electrons. The van der Waals surface area contributed by atoms with Gasteiger partial charge in [-0.2, -0.15) is 0 Å². The van der Waals surface area contributed by atoms with Crippen LogP contribution in [0.15, 0.2) is 66.7 Å². The van der Waals surface area contributed by atoms with Crippen molar-refractivity contribution in [2.24, 2.45) is 0 Å². The van der Waals surface area contributed by atoms with Crippen LogP contribution in [0.1, 0.15) is 25.3 Å². The van der Waals surface area contributed by atoms with Crippen LogP contribution in [0.25, 0.3) is 10.8 Å². The molecule has 0 saturated heterocycles. The molecule has 31 heavy (non-hydrogen) atoms. The molecule has 164 valence electrons. The lowest BCUT2D eigenvalue weighted by Crippen LogP contribution is -2.41. The van der Waals surface area contributed by atoms with Gasteiger partial charge in [0, 0.05) is 5.39 Å². The van der Waals surface area contributed by atoms with Crippen LogP contribution in [-0.2, 0) is 14.8 Å². The second-order valence-electron chi connectivity index (χ2n) is 7.69. The fourth-order valence-corrected chi connectivity index (χ4v) is 4.14. The predicted octanol–water partition coefficient (Wildman–Crippen LogP) is 3.92. The Bertz CT molecular complexity index is 1140. The van der Waals surface area contributed by atoms with Gasteiger partial charge in [-0.3, -0.25) is 9.10 Å². The largest absolute Gasteiger partial charge is 0.491 e. The number of carbonyl (C=O) groups is 1. The minimum atomic E-state index is -3.60. The first-order valence-corrected chi connectivity index (χ1v) is 12.1. The topological polar surface area (TPSA) is 75.7 Å². The summed E-state index contributed by atoms with van der Waals surface area (Å²) in [6.07, 6.45) is 1.10. The van der Waals surface area contributed by atoms with E-state index in [4.69, 9.17) is 4.74 Å². The average molecular weight is 441 g/mol. The van der Waals surface area contributed by atoms with Crippen LogP contribution in [0.4, 0.5) is 5.69 Å². The number of carbonyl (C=O) groups excluding carboxylic acids is 1. The highest BCUT2D eigenvalue weighted by Crippen LogP contribution is 2.25. The third kappa shape index (κ3) is 5.98. The molecule has 0 heterocycles. The summed E-state index contributed by atoms with van der Waals surface area (Å²) < 4.78 is 31.4. The molecule has 0 saturated carbocycles. The number of nitrogens with one attached hydrogen (secondary N) is 1. The summed E-state index contributed by atoms with van der Waals surface area (Å²) in [5.41, 5.74) is 1.57. The highest BCUT2D eigenvalue weighted by Gasteiger charge is 2.20. The Hall–Kier alpha value is -3.06. The van der Waals surface area contributed by atoms with Crippen molar-refractivity contribution in [2.75, 3.05) is 30.3 Å². The number of sulfonamides is 1. The number of amides is 1. The van der Waals surface area contributed by atoms with Gasteiger partial charge in [0.25, 0.3) is 0 Å². The lowest BCUT2D eigenvalue weighted by Gasteiger charge is -2.22. The molecule has 0 bridgehead atoms. The van der Waals surface area contributed by atoms with Gasteiger partial charge in [0.05, 0.1) is 18.5 Å². The number of anilines is 1. The Balaban J connectivity index is 1.57. The normalized spacial score (nSPS) is 11.5. The van der Waals surface area contributed by atoms with Crippen molar-refractivity contribution in [1.29, 1.82) is 0 Å². The smallest absolute Gasteiger partial charge is 0.240 e. The predicted molar refractivity (Wildman–Crippen MR) is 125 cm³/mol. The SMILES string of the molecule is CC(C)c1ccc(N(CC(=O)NCCOc2cccc3ccccc23)S(C)(=O)=O)cc1. The van der Waals surface area contributed by atoms with Crippen molar-refractivity contribution in [1.82, 2.24) is 5.32 Å². The number of fused-ring (bicyclic) bond motifs is 1. The number of rotatable bonds is 9. The Morgan fingerprint density at radius 3 is 2.35 bits per heavy atom. The van der Waals surface area contributed by atoms with Crippen LogP contribution in [0.3, 0.4) is 0 Å². The van der Waals surface area contributed by atoms with Gasteiger partial charge in [-0.15, -0.1) is 0 Å². The Kier molecular flexibility index (Phi) is 7.17. The first-order valence-electron chi connectivity index (χ1n) is 10.2. The van der Waals surface area contributed by atoms with Gasteiger partial charge in [0.2, 0.25) is 15.9 Å². The van der Waals surface area contributed by atoms with Gasteiger partial charge >= 0.3 is 0 Å². The molecule has 0 aliphatic carbocycles. The van der Waals surface area contributed by atoms with E-state index < -0.39 is 10.0 Å². The van der Waals surface area contributed by atoms with Gasteiger partial charge in [0.1, 0.15) is 18.9 Å². The van der Waals surface area contributed by atoms with E-state index in [1.807, 2.05) is 54.6 Å². The molecule has 3 aromatic carbocycles. The number of benzene rings is 3. The van der Waals surface area contributed by atoms with Gasteiger partial charge in [-0.1, -0.05) is 62.4 Å². The van der Waals surface area contributed by atoms with E-state index in [-0.39, 0.29) is 25.6 Å². The maximum absolute atomic E-state index is 12.4. The maximum atomic E-state index is 12.4. The summed E-state index contributed by atoms with van der Waals surface area (Å²) in [6, 6.07) is 21.0. The molecule has 1 N–H and O–H groups in total. The van der Waals surface area contributed by atoms with Crippen molar-refractivity contribution < 1.29 is 17.9 Å². The Morgan fingerprint density at radius 1 is 1.00 bits per heavy atom. The quantitative estimate of drug-likeness (QED) is 0.512. The van der Waals surface area contributed by atoms with Crippen molar-refractivity contribution in [2.45, 2.75) is 19.8 Å². The van der Waals surface area contributed by atoms with Crippen LogP contribution in [0, 0.1) is 0 Å². The number of hydrogen-bond acceptors (Lipinski definition) is 4. The molecule has 3 rings (SSSR count). The summed E-state index contributed by atoms with van der Waals surface area (Å²) in [5, 5.41) is 4.82. The molecule has 3 aromatic rings. The molecular formula is C24H28N2O4S. The third-order valence-corrected chi connectivity index (χ3v) is 6.11. The monoisotopic (exact) mass is 440 g/mol. The van der Waals surface area contributed by atoms with Crippen molar-refractivity contribution in [3.05, 3.63) is 72.3 Å². The van der Waals surface area contributed by atoms with Crippen LogP contribution < -0.4 is 14.4 Å². The molecule has 0 spiro atoms. The first-order chi connectivity index (χ1) is 14.8. The molecule has 0 aliphatic rings. The van der Waals surface area contributed by atoms with Gasteiger partial charge in [-0.05, 0) is 35.1 Å². The summed E-state index contributed by atoms with van der Waals surface area (Å²) in [6.45, 7) is 4.40. The summed E-state index contributed by atoms with van der Waals surface area (Å²) in [7, 11) is -3.60. The molecule has 0 atom stereocenters. The minimum absolute atomic E-state index is 0.270. The fourth-order valence-electron chi connectivity index (χ4n) is 3.28. The molecule has 0 fully saturated rings. The van der Waals surface area contributed by atoms with Crippen LogP contribution >= 0.6 is 0 Å². The molecule has 0 aliphatic heterocycles. The van der Waals surface area contributed by atoms with Crippen molar-refractivity contribution >= 4 is 32.4 Å². The lowest BCUT2D eigenvalue weighted by atomic mass is 10.0. The second-order valence-corrected chi connectivity index (χ2v) is 9.60. The summed E-state index contributed by atoms with van der Waals surface area (Å²) >= 11 is 0. The van der Waals surface area contributed by atoms with E-state index in [9.17, 15) is 13.2 Å². The zero-order valence-electron chi connectivity index (χ0n) is 18.0. The fraction of sp³-hybridized carbons (Fsp3) is 0.292. The molecular weight excluding hydrogens is 412 g/mol. The zero-order valence-corrected chi connectivity index (χ0v) is 18.9. The van der Waals surface area contributed by atoms with E-state index in [2.05, 4.69) is 19.2 Å².